The number of amides is 1. The van der Waals surface area contributed by atoms with E-state index >= 15 is 0 Å². The molecule has 5 nitrogen and oxygen atoms in total. The smallest absolute Gasteiger partial charge is 0.339 e. The first-order valence-electron chi connectivity index (χ1n) is 10.8. The molecule has 31 heavy (non-hydrogen) atoms. The van der Waals surface area contributed by atoms with Gasteiger partial charge in [-0.2, -0.15) is 0 Å². The third kappa shape index (κ3) is 6.14. The molecule has 2 aromatic rings. The molecule has 1 amide bonds. The lowest BCUT2D eigenvalue weighted by molar-refractivity contribution is -0.124. The van der Waals surface area contributed by atoms with E-state index < -0.39 is 5.97 Å². The van der Waals surface area contributed by atoms with Crippen molar-refractivity contribution in [2.24, 2.45) is 0 Å². The molecule has 2 aromatic carbocycles. The van der Waals surface area contributed by atoms with Gasteiger partial charge in [0.25, 0.3) is 5.91 Å². The van der Waals surface area contributed by atoms with Gasteiger partial charge in [-0.15, -0.1) is 0 Å². The maximum absolute atomic E-state index is 13.0. The topological polar surface area (TPSA) is 72.5 Å². The molecule has 0 heterocycles. The van der Waals surface area contributed by atoms with E-state index in [0.29, 0.717) is 12.1 Å². The average molecular weight is 420 g/mol. The van der Waals surface area contributed by atoms with Gasteiger partial charge in [-0.3, -0.25) is 9.59 Å². The molecule has 1 aliphatic rings. The minimum atomic E-state index is -0.682. The molecule has 0 saturated heterocycles. The van der Waals surface area contributed by atoms with Crippen molar-refractivity contribution >= 4 is 17.7 Å². The highest BCUT2D eigenvalue weighted by Gasteiger charge is 2.20. The molecule has 0 fully saturated rings. The van der Waals surface area contributed by atoms with Crippen molar-refractivity contribution in [2.45, 2.75) is 46.0 Å². The molecule has 1 N–H and O–H groups in total. The second kappa shape index (κ2) is 10.7. The number of ether oxygens (including phenoxy) is 1. The molecule has 1 aliphatic carbocycles. The number of carbonyl (C=O) groups excluding carboxylic acids is 3. The predicted octanol–water partition coefficient (Wildman–Crippen LogP) is 4.70. The first-order valence-corrected chi connectivity index (χ1v) is 10.8. The van der Waals surface area contributed by atoms with E-state index in [-0.39, 0.29) is 29.4 Å². The fourth-order valence-corrected chi connectivity index (χ4v) is 3.65. The van der Waals surface area contributed by atoms with Crippen molar-refractivity contribution in [3.05, 3.63) is 81.9 Å². The SMILES string of the molecule is Cc1ccc(C(=O)c2ccccc2C(=O)OCC(=O)NCCC2=CCCCC2)cc1C. The van der Waals surface area contributed by atoms with Crippen molar-refractivity contribution < 1.29 is 19.1 Å². The van der Waals surface area contributed by atoms with Crippen LogP contribution in [0.15, 0.2) is 54.1 Å². The highest BCUT2D eigenvalue weighted by molar-refractivity contribution is 6.14. The largest absolute Gasteiger partial charge is 0.452 e. The van der Waals surface area contributed by atoms with E-state index in [0.717, 1.165) is 30.4 Å². The molecule has 0 saturated carbocycles. The van der Waals surface area contributed by atoms with Gasteiger partial charge in [-0.25, -0.2) is 4.79 Å². The Labute approximate surface area is 183 Å². The maximum atomic E-state index is 13.0. The lowest BCUT2D eigenvalue weighted by Crippen LogP contribution is -2.30. The van der Waals surface area contributed by atoms with Crippen molar-refractivity contribution in [1.82, 2.24) is 5.32 Å². The number of hydrogen-bond donors (Lipinski definition) is 1. The number of aryl methyl sites for hydroxylation is 2. The van der Waals surface area contributed by atoms with Crippen molar-refractivity contribution in [3.8, 4) is 0 Å². The number of allylic oxidation sites excluding steroid dienone is 1. The molecule has 0 unspecified atom stereocenters. The maximum Gasteiger partial charge on any atom is 0.339 e. The normalized spacial score (nSPS) is 13.3. The minimum absolute atomic E-state index is 0.158. The van der Waals surface area contributed by atoms with E-state index in [1.54, 1.807) is 30.3 Å². The van der Waals surface area contributed by atoms with Crippen LogP contribution >= 0.6 is 0 Å². The molecule has 3 rings (SSSR count). The van der Waals surface area contributed by atoms with Crippen molar-refractivity contribution in [1.29, 1.82) is 0 Å². The molecule has 162 valence electrons. The highest BCUT2D eigenvalue weighted by atomic mass is 16.5. The zero-order valence-electron chi connectivity index (χ0n) is 18.2. The van der Waals surface area contributed by atoms with Crippen LogP contribution in [-0.4, -0.2) is 30.8 Å². The molecule has 0 atom stereocenters. The van der Waals surface area contributed by atoms with Gasteiger partial charge < -0.3 is 10.1 Å². The lowest BCUT2D eigenvalue weighted by Gasteiger charge is -2.13. The molecule has 0 aromatic heterocycles. The summed E-state index contributed by atoms with van der Waals surface area (Å²) in [5.41, 5.74) is 4.41. The number of hydrogen-bond acceptors (Lipinski definition) is 4. The van der Waals surface area contributed by atoms with E-state index in [2.05, 4.69) is 11.4 Å². The van der Waals surface area contributed by atoms with Crippen molar-refractivity contribution in [3.63, 3.8) is 0 Å². The Bertz CT molecular complexity index is 1010. The van der Waals surface area contributed by atoms with E-state index in [9.17, 15) is 14.4 Å². The standard InChI is InChI=1S/C26H29NO4/c1-18-12-13-21(16-19(18)2)25(29)22-10-6-7-11-23(22)26(30)31-17-24(28)27-15-14-20-8-4-3-5-9-20/h6-8,10-13,16H,3-5,9,14-15,17H2,1-2H3,(H,27,28). The zero-order valence-corrected chi connectivity index (χ0v) is 18.2. The molecule has 5 heteroatoms. The second-order valence-electron chi connectivity index (χ2n) is 7.96. The molecular weight excluding hydrogens is 390 g/mol. The monoisotopic (exact) mass is 419 g/mol. The van der Waals surface area contributed by atoms with Gasteiger partial charge in [0.15, 0.2) is 12.4 Å². The zero-order chi connectivity index (χ0) is 22.2. The summed E-state index contributed by atoms with van der Waals surface area (Å²) < 4.78 is 5.18. The van der Waals surface area contributed by atoms with Gasteiger partial charge in [0.2, 0.25) is 0 Å². The van der Waals surface area contributed by atoms with Crippen LogP contribution in [0.1, 0.15) is 69.5 Å². The van der Waals surface area contributed by atoms with Gasteiger partial charge in [0.1, 0.15) is 0 Å². The Morgan fingerprint density at radius 1 is 0.968 bits per heavy atom. The lowest BCUT2D eigenvalue weighted by atomic mass is 9.96. The number of carbonyl (C=O) groups is 3. The van der Waals surface area contributed by atoms with Crippen molar-refractivity contribution in [2.75, 3.05) is 13.2 Å². The van der Waals surface area contributed by atoms with Crippen LogP contribution in [-0.2, 0) is 9.53 Å². The summed E-state index contributed by atoms with van der Waals surface area (Å²) in [4.78, 5) is 37.6. The van der Waals surface area contributed by atoms with E-state index in [1.165, 1.54) is 18.4 Å². The third-order valence-corrected chi connectivity index (χ3v) is 5.65. The fourth-order valence-electron chi connectivity index (χ4n) is 3.65. The summed E-state index contributed by atoms with van der Waals surface area (Å²) in [7, 11) is 0. The summed E-state index contributed by atoms with van der Waals surface area (Å²) in [6.45, 7) is 4.08. The number of ketones is 1. The Morgan fingerprint density at radius 3 is 2.45 bits per heavy atom. The van der Waals surface area contributed by atoms with Gasteiger partial charge in [0.05, 0.1) is 5.56 Å². The van der Waals surface area contributed by atoms with Crippen LogP contribution in [0.3, 0.4) is 0 Å². The molecule has 0 radical (unpaired) electrons. The molecular formula is C26H29NO4. The number of esters is 1. The van der Waals surface area contributed by atoms with Crippen LogP contribution in [0.4, 0.5) is 0 Å². The quantitative estimate of drug-likeness (QED) is 0.382. The summed E-state index contributed by atoms with van der Waals surface area (Å²) in [6.07, 6.45) is 7.72. The Hall–Kier alpha value is -3.21. The molecule has 0 bridgehead atoms. The van der Waals surface area contributed by atoms with Crippen LogP contribution in [0.5, 0.6) is 0 Å². The predicted molar refractivity (Wildman–Crippen MR) is 120 cm³/mol. The summed E-state index contributed by atoms with van der Waals surface area (Å²) in [5, 5.41) is 2.79. The van der Waals surface area contributed by atoms with Crippen LogP contribution < -0.4 is 5.32 Å². The number of nitrogens with one attached hydrogen (secondary N) is 1. The molecule has 0 spiro atoms. The first kappa shape index (κ1) is 22.5. The van der Waals surface area contributed by atoms with Gasteiger partial charge in [0, 0.05) is 17.7 Å². The molecule has 0 aliphatic heterocycles. The van der Waals surface area contributed by atoms with E-state index in [1.807, 2.05) is 26.0 Å². The van der Waals surface area contributed by atoms with Gasteiger partial charge in [-0.1, -0.05) is 42.0 Å². The van der Waals surface area contributed by atoms with Gasteiger partial charge >= 0.3 is 5.97 Å². The Balaban J connectivity index is 1.58. The summed E-state index contributed by atoms with van der Waals surface area (Å²) >= 11 is 0. The third-order valence-electron chi connectivity index (χ3n) is 5.65. The number of benzene rings is 2. The van der Waals surface area contributed by atoms with E-state index in [4.69, 9.17) is 4.74 Å². The fraction of sp³-hybridized carbons (Fsp3) is 0.346. The summed E-state index contributed by atoms with van der Waals surface area (Å²) in [6, 6.07) is 12.0. The Kier molecular flexibility index (Phi) is 7.76. The number of rotatable bonds is 8. The van der Waals surface area contributed by atoms with Crippen LogP contribution in [0.25, 0.3) is 0 Å². The van der Waals surface area contributed by atoms with Crippen LogP contribution in [0, 0.1) is 13.8 Å². The summed E-state index contributed by atoms with van der Waals surface area (Å²) in [5.74, 6) is -1.28. The van der Waals surface area contributed by atoms with Gasteiger partial charge in [-0.05, 0) is 69.2 Å². The highest BCUT2D eigenvalue weighted by Crippen LogP contribution is 2.20. The average Bonchev–Trinajstić information content (AvgIpc) is 2.79. The second-order valence-corrected chi connectivity index (χ2v) is 7.96. The Morgan fingerprint density at radius 2 is 1.74 bits per heavy atom. The minimum Gasteiger partial charge on any atom is -0.452 e. The first-order chi connectivity index (χ1) is 15.0. The van der Waals surface area contributed by atoms with Crippen LogP contribution in [0.2, 0.25) is 0 Å².